The number of nitrogens with zero attached hydrogens (tertiary/aromatic N) is 5. The summed E-state index contributed by atoms with van der Waals surface area (Å²) in [4.78, 5) is 30.1. The van der Waals surface area contributed by atoms with Crippen LogP contribution in [0.5, 0.6) is 5.75 Å². The average molecular weight is 716 g/mol. The van der Waals surface area contributed by atoms with Crippen LogP contribution in [-0.2, 0) is 22.7 Å². The van der Waals surface area contributed by atoms with Gasteiger partial charge in [0, 0.05) is 60.2 Å². The number of benzene rings is 3. The molecule has 5 aromatic rings. The quantitative estimate of drug-likeness (QED) is 0.131. The van der Waals surface area contributed by atoms with Crippen molar-refractivity contribution in [3.63, 3.8) is 0 Å². The normalized spacial score (nSPS) is 17.8. The van der Waals surface area contributed by atoms with Crippen LogP contribution in [0.4, 0.5) is 11.4 Å². The number of likely N-dealkylation sites (tertiary alicyclic amines) is 1. The Hall–Kier alpha value is -5.42. The molecular weight excluding hydrogens is 667 g/mol. The summed E-state index contributed by atoms with van der Waals surface area (Å²) in [5.41, 5.74) is 8.89. The number of rotatable bonds is 11. The van der Waals surface area contributed by atoms with E-state index in [1.807, 2.05) is 60.9 Å². The van der Waals surface area contributed by atoms with Crippen molar-refractivity contribution >= 4 is 23.2 Å². The molecular formula is C42H49N7O4. The summed E-state index contributed by atoms with van der Waals surface area (Å²) in [7, 11) is 0. The number of aromatic nitrogens is 3. The minimum Gasteiger partial charge on any atom is -0.508 e. The molecule has 1 fully saturated rings. The minimum atomic E-state index is -0.0170. The van der Waals surface area contributed by atoms with Crippen molar-refractivity contribution < 1.29 is 19.2 Å². The lowest BCUT2D eigenvalue weighted by Crippen LogP contribution is -2.44. The maximum atomic E-state index is 13.1. The van der Waals surface area contributed by atoms with Crippen molar-refractivity contribution in [2.45, 2.75) is 78.6 Å². The van der Waals surface area contributed by atoms with Gasteiger partial charge < -0.3 is 25.2 Å². The Labute approximate surface area is 311 Å². The highest BCUT2D eigenvalue weighted by Crippen LogP contribution is 2.39. The number of carbonyl (C=O) groups is 2. The predicted octanol–water partition coefficient (Wildman–Crippen LogP) is 7.24. The predicted molar refractivity (Wildman–Crippen MR) is 206 cm³/mol. The van der Waals surface area contributed by atoms with Gasteiger partial charge in [-0.15, -0.1) is 0 Å². The van der Waals surface area contributed by atoms with Gasteiger partial charge in [-0.3, -0.25) is 19.2 Å². The number of nitrogens with one attached hydrogen (secondary N) is 2. The van der Waals surface area contributed by atoms with Gasteiger partial charge in [-0.25, -0.2) is 0 Å². The SMILES string of the molecule is CCC(=O)N1c2ccccc2[C@H](Nc2ccc(-c3cnn(CCNC(=O)C4CCN(Cc5cc(O)cc(-c6c(C)noc6C)c5)CC4)c3)cc2)C[C@@H]1C. The van der Waals surface area contributed by atoms with Crippen LogP contribution in [0.1, 0.15) is 68.2 Å². The zero-order valence-corrected chi connectivity index (χ0v) is 31.0. The molecule has 2 aliphatic rings. The van der Waals surface area contributed by atoms with Crippen molar-refractivity contribution in [2.24, 2.45) is 5.92 Å². The second-order valence-electron chi connectivity index (χ2n) is 14.5. The third-order valence-corrected chi connectivity index (χ3v) is 10.7. The number of hydrogen-bond donors (Lipinski definition) is 3. The lowest BCUT2D eigenvalue weighted by molar-refractivity contribution is -0.126. The highest BCUT2D eigenvalue weighted by molar-refractivity contribution is 5.95. The molecule has 0 radical (unpaired) electrons. The Morgan fingerprint density at radius 1 is 0.981 bits per heavy atom. The fourth-order valence-corrected chi connectivity index (χ4v) is 7.95. The van der Waals surface area contributed by atoms with Crippen LogP contribution in [0.3, 0.4) is 0 Å². The van der Waals surface area contributed by atoms with Gasteiger partial charge >= 0.3 is 0 Å². The van der Waals surface area contributed by atoms with E-state index in [1.54, 1.807) is 12.1 Å². The smallest absolute Gasteiger partial charge is 0.226 e. The van der Waals surface area contributed by atoms with Crippen LogP contribution in [0.25, 0.3) is 22.3 Å². The zero-order chi connectivity index (χ0) is 37.1. The summed E-state index contributed by atoms with van der Waals surface area (Å²) < 4.78 is 7.21. The van der Waals surface area contributed by atoms with Gasteiger partial charge in [0.05, 0.1) is 24.5 Å². The van der Waals surface area contributed by atoms with Crippen LogP contribution in [-0.4, -0.2) is 62.4 Å². The Balaban J connectivity index is 0.871. The molecule has 2 aromatic heterocycles. The highest BCUT2D eigenvalue weighted by atomic mass is 16.5. The number of carbonyl (C=O) groups excluding carboxylic acids is 2. The van der Waals surface area contributed by atoms with Crippen molar-refractivity contribution in [1.29, 1.82) is 0 Å². The van der Waals surface area contributed by atoms with E-state index in [-0.39, 0.29) is 35.6 Å². The topological polar surface area (TPSA) is 129 Å². The fraction of sp³-hybridized carbons (Fsp3) is 0.381. The van der Waals surface area contributed by atoms with Gasteiger partial charge in [-0.2, -0.15) is 5.10 Å². The second-order valence-corrected chi connectivity index (χ2v) is 14.5. The van der Waals surface area contributed by atoms with Gasteiger partial charge in [0.15, 0.2) is 0 Å². The molecule has 0 saturated carbocycles. The van der Waals surface area contributed by atoms with Crippen LogP contribution in [0, 0.1) is 19.8 Å². The number of phenolic OH excluding ortho intramolecular Hbond substituents is 1. The Morgan fingerprint density at radius 3 is 2.49 bits per heavy atom. The molecule has 2 atom stereocenters. The van der Waals surface area contributed by atoms with E-state index in [1.165, 1.54) is 0 Å². The van der Waals surface area contributed by atoms with Crippen LogP contribution in [0.15, 0.2) is 83.6 Å². The lowest BCUT2D eigenvalue weighted by atomic mass is 9.91. The number of aryl methyl sites for hydroxylation is 2. The van der Waals surface area contributed by atoms with Gasteiger partial charge in [0.1, 0.15) is 11.5 Å². The lowest BCUT2D eigenvalue weighted by Gasteiger charge is -2.40. The minimum absolute atomic E-state index is 0.0170. The first kappa shape index (κ1) is 36.0. The Kier molecular flexibility index (Phi) is 10.6. The monoisotopic (exact) mass is 715 g/mol. The molecule has 1 saturated heterocycles. The molecule has 11 nitrogen and oxygen atoms in total. The van der Waals surface area contributed by atoms with Gasteiger partial charge in [0.25, 0.3) is 0 Å². The first-order valence-corrected chi connectivity index (χ1v) is 18.7. The Bertz CT molecular complexity index is 2040. The number of anilines is 2. The largest absolute Gasteiger partial charge is 0.508 e. The summed E-state index contributed by atoms with van der Waals surface area (Å²) in [5.74, 6) is 1.18. The van der Waals surface area contributed by atoms with Gasteiger partial charge in [-0.1, -0.05) is 42.4 Å². The summed E-state index contributed by atoms with van der Waals surface area (Å²) in [6.07, 6.45) is 6.79. The number of phenols is 1. The number of amides is 2. The number of piperidine rings is 1. The van der Waals surface area contributed by atoms with Crippen molar-refractivity contribution in [2.75, 3.05) is 29.9 Å². The molecule has 0 aliphatic carbocycles. The fourth-order valence-electron chi connectivity index (χ4n) is 7.95. The summed E-state index contributed by atoms with van der Waals surface area (Å²) >= 11 is 0. The maximum absolute atomic E-state index is 13.1. The van der Waals surface area contributed by atoms with Crippen LogP contribution in [0.2, 0.25) is 0 Å². The number of hydrogen-bond acceptors (Lipinski definition) is 8. The number of fused-ring (bicyclic) bond motifs is 1. The van der Waals surface area contributed by atoms with Crippen molar-refractivity contribution in [3.8, 4) is 28.0 Å². The molecule has 7 rings (SSSR count). The number of aromatic hydroxyl groups is 1. The van der Waals surface area contributed by atoms with E-state index in [9.17, 15) is 14.7 Å². The molecule has 2 aliphatic heterocycles. The van der Waals surface area contributed by atoms with E-state index >= 15 is 0 Å². The maximum Gasteiger partial charge on any atom is 0.226 e. The van der Waals surface area contributed by atoms with Crippen molar-refractivity contribution in [1.82, 2.24) is 25.2 Å². The van der Waals surface area contributed by atoms with Crippen LogP contribution >= 0.6 is 0 Å². The molecule has 53 heavy (non-hydrogen) atoms. The highest BCUT2D eigenvalue weighted by Gasteiger charge is 2.33. The summed E-state index contributed by atoms with van der Waals surface area (Å²) in [6.45, 7) is 11.3. The third kappa shape index (κ3) is 8.00. The molecule has 3 N–H and O–H groups in total. The third-order valence-electron chi connectivity index (χ3n) is 10.7. The zero-order valence-electron chi connectivity index (χ0n) is 31.0. The van der Waals surface area contributed by atoms with E-state index in [0.717, 1.165) is 88.6 Å². The first-order valence-electron chi connectivity index (χ1n) is 18.7. The number of para-hydroxylation sites is 1. The van der Waals surface area contributed by atoms with Crippen molar-refractivity contribution in [3.05, 3.63) is 102 Å². The molecule has 2 amide bonds. The van der Waals surface area contributed by atoms with E-state index in [0.29, 0.717) is 26.1 Å². The Morgan fingerprint density at radius 2 is 1.75 bits per heavy atom. The molecule has 0 unspecified atom stereocenters. The first-order chi connectivity index (χ1) is 25.7. The molecule has 4 heterocycles. The summed E-state index contributed by atoms with van der Waals surface area (Å²) in [5, 5.41) is 25.9. The molecule has 3 aromatic carbocycles. The molecule has 11 heteroatoms. The molecule has 0 bridgehead atoms. The van der Waals surface area contributed by atoms with E-state index in [4.69, 9.17) is 4.52 Å². The average Bonchev–Trinajstić information content (AvgIpc) is 3.77. The molecule has 276 valence electrons. The van der Waals surface area contributed by atoms with Crippen LogP contribution < -0.4 is 15.5 Å². The van der Waals surface area contributed by atoms with E-state index in [2.05, 4.69) is 69.1 Å². The second kappa shape index (κ2) is 15.7. The van der Waals surface area contributed by atoms with Gasteiger partial charge in [-0.05, 0) is 112 Å². The standard InChI is InChI=1S/C42H49N7O4/c1-5-40(51)49-27(2)20-38(37-8-6-7-9-39(37)49)45-35-12-10-31(11-13-35)34-24-44-48(26-34)19-16-43-42(52)32-14-17-47(18-15-32)25-30-21-33(23-36(50)22-30)41-28(3)46-53-29(41)4/h6-13,21-24,26-27,32,38,45,50H,5,14-20,25H2,1-4H3,(H,43,52)/t27-,38+/m0/s1. The summed E-state index contributed by atoms with van der Waals surface area (Å²) in [6, 6.07) is 22.4. The van der Waals surface area contributed by atoms with E-state index < -0.39 is 0 Å². The van der Waals surface area contributed by atoms with Gasteiger partial charge in [0.2, 0.25) is 11.8 Å². The molecule has 0 spiro atoms.